The molecular weight excluding hydrogens is 286 g/mol. The molecule has 1 atom stereocenters. The fourth-order valence-corrected chi connectivity index (χ4v) is 2.73. The number of nitro benzene ring substituents is 1. The van der Waals surface area contributed by atoms with E-state index in [-0.39, 0.29) is 17.5 Å². The molecule has 1 aromatic rings. The zero-order valence-electron chi connectivity index (χ0n) is 12.7. The lowest BCUT2D eigenvalue weighted by molar-refractivity contribution is -0.385. The van der Waals surface area contributed by atoms with Gasteiger partial charge in [0.05, 0.1) is 4.92 Å². The van der Waals surface area contributed by atoms with Crippen molar-refractivity contribution in [2.75, 3.05) is 13.1 Å². The van der Waals surface area contributed by atoms with Crippen molar-refractivity contribution in [2.24, 2.45) is 0 Å². The first-order valence-electron chi connectivity index (χ1n) is 7.29. The summed E-state index contributed by atoms with van der Waals surface area (Å²) in [6.07, 6.45) is 1.42. The highest BCUT2D eigenvalue weighted by Gasteiger charge is 2.34. The molecule has 2 amide bonds. The molecule has 1 aromatic carbocycles. The van der Waals surface area contributed by atoms with Gasteiger partial charge in [-0.3, -0.25) is 19.7 Å². The van der Waals surface area contributed by atoms with Crippen LogP contribution >= 0.6 is 0 Å². The zero-order chi connectivity index (χ0) is 16.3. The Labute approximate surface area is 128 Å². The standard InChI is InChI=1S/C15H19N3O4/c1-3-16-14(19)13-5-4-8-17(13)15(20)11-6-7-12(18(21)22)10(2)9-11/h6-7,9,13H,3-5,8H2,1-2H3,(H,16,19)/t13-/m1/s1. The summed E-state index contributed by atoms with van der Waals surface area (Å²) in [6, 6.07) is 3.83. The lowest BCUT2D eigenvalue weighted by Gasteiger charge is -2.24. The quantitative estimate of drug-likeness (QED) is 0.676. The summed E-state index contributed by atoms with van der Waals surface area (Å²) >= 11 is 0. The Morgan fingerprint density at radius 1 is 1.45 bits per heavy atom. The predicted octanol–water partition coefficient (Wildman–Crippen LogP) is 1.64. The lowest BCUT2D eigenvalue weighted by Crippen LogP contribution is -2.45. The minimum Gasteiger partial charge on any atom is -0.355 e. The van der Waals surface area contributed by atoms with Crippen molar-refractivity contribution >= 4 is 17.5 Å². The first-order valence-corrected chi connectivity index (χ1v) is 7.29. The van der Waals surface area contributed by atoms with Crippen LogP contribution in [0.5, 0.6) is 0 Å². The number of nitro groups is 1. The molecule has 1 fully saturated rings. The predicted molar refractivity (Wildman–Crippen MR) is 80.6 cm³/mol. The fourth-order valence-electron chi connectivity index (χ4n) is 2.73. The van der Waals surface area contributed by atoms with Crippen LogP contribution in [0.3, 0.4) is 0 Å². The van der Waals surface area contributed by atoms with Gasteiger partial charge in [0, 0.05) is 30.3 Å². The second-order valence-electron chi connectivity index (χ2n) is 5.31. The number of hydrogen-bond donors (Lipinski definition) is 1. The molecule has 1 saturated heterocycles. The van der Waals surface area contributed by atoms with Crippen LogP contribution in [0.4, 0.5) is 5.69 Å². The number of likely N-dealkylation sites (tertiary alicyclic amines) is 1. The Morgan fingerprint density at radius 2 is 2.18 bits per heavy atom. The van der Waals surface area contributed by atoms with Crippen LogP contribution in [0.1, 0.15) is 35.7 Å². The number of nitrogens with one attached hydrogen (secondary N) is 1. The van der Waals surface area contributed by atoms with Gasteiger partial charge >= 0.3 is 0 Å². The number of benzene rings is 1. The van der Waals surface area contributed by atoms with Crippen molar-refractivity contribution in [1.29, 1.82) is 0 Å². The van der Waals surface area contributed by atoms with Gasteiger partial charge in [0.2, 0.25) is 5.91 Å². The van der Waals surface area contributed by atoms with E-state index in [4.69, 9.17) is 0 Å². The highest BCUT2D eigenvalue weighted by atomic mass is 16.6. The Morgan fingerprint density at radius 3 is 2.77 bits per heavy atom. The van der Waals surface area contributed by atoms with Crippen molar-refractivity contribution < 1.29 is 14.5 Å². The maximum absolute atomic E-state index is 12.6. The summed E-state index contributed by atoms with van der Waals surface area (Å²) in [5.41, 5.74) is 0.794. The molecule has 1 aliphatic rings. The van der Waals surface area contributed by atoms with E-state index < -0.39 is 11.0 Å². The topological polar surface area (TPSA) is 92.6 Å². The smallest absolute Gasteiger partial charge is 0.272 e. The normalized spacial score (nSPS) is 17.4. The van der Waals surface area contributed by atoms with Crippen LogP contribution in [0.2, 0.25) is 0 Å². The van der Waals surface area contributed by atoms with Crippen LogP contribution in [0.25, 0.3) is 0 Å². The molecule has 0 aliphatic carbocycles. The van der Waals surface area contributed by atoms with E-state index in [1.807, 2.05) is 6.92 Å². The number of carbonyl (C=O) groups excluding carboxylic acids is 2. The Bertz CT molecular complexity index is 615. The van der Waals surface area contributed by atoms with Crippen molar-refractivity contribution in [1.82, 2.24) is 10.2 Å². The maximum Gasteiger partial charge on any atom is 0.272 e. The second kappa shape index (κ2) is 6.55. The molecular formula is C15H19N3O4. The molecule has 1 heterocycles. The molecule has 22 heavy (non-hydrogen) atoms. The molecule has 0 saturated carbocycles. The summed E-state index contributed by atoms with van der Waals surface area (Å²) in [6.45, 7) is 4.48. The van der Waals surface area contributed by atoms with Crippen LogP contribution < -0.4 is 5.32 Å². The SMILES string of the molecule is CCNC(=O)[C@H]1CCCN1C(=O)c1ccc([N+](=O)[O-])c(C)c1. The van der Waals surface area contributed by atoms with Gasteiger partial charge in [-0.2, -0.15) is 0 Å². The second-order valence-corrected chi connectivity index (χ2v) is 5.31. The minimum absolute atomic E-state index is 0.0155. The van der Waals surface area contributed by atoms with Crippen LogP contribution in [0, 0.1) is 17.0 Å². The third-order valence-electron chi connectivity index (χ3n) is 3.81. The van der Waals surface area contributed by atoms with Gasteiger partial charge < -0.3 is 10.2 Å². The highest BCUT2D eigenvalue weighted by molar-refractivity contribution is 5.98. The minimum atomic E-state index is -0.475. The molecule has 0 unspecified atom stereocenters. The molecule has 2 rings (SSSR count). The van der Waals surface area contributed by atoms with Crippen molar-refractivity contribution in [2.45, 2.75) is 32.7 Å². The van der Waals surface area contributed by atoms with Gasteiger partial charge in [0.15, 0.2) is 0 Å². The molecule has 0 bridgehead atoms. The molecule has 7 nitrogen and oxygen atoms in total. The number of nitrogens with zero attached hydrogens (tertiary/aromatic N) is 2. The van der Waals surface area contributed by atoms with Gasteiger partial charge in [0.25, 0.3) is 11.6 Å². The van der Waals surface area contributed by atoms with E-state index in [2.05, 4.69) is 5.32 Å². The molecule has 0 spiro atoms. The van der Waals surface area contributed by atoms with Gasteiger partial charge in [-0.15, -0.1) is 0 Å². The summed E-state index contributed by atoms with van der Waals surface area (Å²) in [4.78, 5) is 36.5. The first kappa shape index (κ1) is 15.9. The van der Waals surface area contributed by atoms with E-state index in [0.717, 1.165) is 6.42 Å². The summed E-state index contributed by atoms with van der Waals surface area (Å²) < 4.78 is 0. The third-order valence-corrected chi connectivity index (χ3v) is 3.81. The molecule has 0 radical (unpaired) electrons. The number of hydrogen-bond acceptors (Lipinski definition) is 4. The lowest BCUT2D eigenvalue weighted by atomic mass is 10.1. The number of aryl methyl sites for hydroxylation is 1. The molecule has 1 N–H and O–H groups in total. The Hall–Kier alpha value is -2.44. The molecule has 0 aromatic heterocycles. The van der Waals surface area contributed by atoms with Gasteiger partial charge in [0.1, 0.15) is 6.04 Å². The summed E-state index contributed by atoms with van der Waals surface area (Å²) in [5.74, 6) is -0.404. The van der Waals surface area contributed by atoms with E-state index in [9.17, 15) is 19.7 Å². The van der Waals surface area contributed by atoms with Crippen LogP contribution in [0.15, 0.2) is 18.2 Å². The third kappa shape index (κ3) is 3.08. The van der Waals surface area contributed by atoms with Gasteiger partial charge in [-0.1, -0.05) is 0 Å². The average Bonchev–Trinajstić information content (AvgIpc) is 2.95. The molecule has 7 heteroatoms. The number of amides is 2. The van der Waals surface area contributed by atoms with Crippen molar-refractivity contribution in [3.63, 3.8) is 0 Å². The molecule has 118 valence electrons. The van der Waals surface area contributed by atoms with E-state index in [1.165, 1.54) is 18.2 Å². The summed E-state index contributed by atoms with van der Waals surface area (Å²) in [7, 11) is 0. The maximum atomic E-state index is 12.6. The van der Waals surface area contributed by atoms with Crippen molar-refractivity contribution in [3.05, 3.63) is 39.4 Å². The Kier molecular flexibility index (Phi) is 4.75. The fraction of sp³-hybridized carbons (Fsp3) is 0.467. The van der Waals surface area contributed by atoms with Gasteiger partial charge in [-0.05, 0) is 38.8 Å². The average molecular weight is 305 g/mol. The zero-order valence-corrected chi connectivity index (χ0v) is 12.7. The van der Waals surface area contributed by atoms with E-state index in [1.54, 1.807) is 11.8 Å². The summed E-state index contributed by atoms with van der Waals surface area (Å²) in [5, 5.41) is 13.6. The van der Waals surface area contributed by atoms with Crippen molar-refractivity contribution in [3.8, 4) is 0 Å². The number of carbonyl (C=O) groups is 2. The number of likely N-dealkylation sites (N-methyl/N-ethyl adjacent to an activating group) is 1. The van der Waals surface area contributed by atoms with Gasteiger partial charge in [-0.25, -0.2) is 0 Å². The van der Waals surface area contributed by atoms with Crippen LogP contribution in [-0.2, 0) is 4.79 Å². The Balaban J connectivity index is 2.22. The monoisotopic (exact) mass is 305 g/mol. The van der Waals surface area contributed by atoms with E-state index in [0.29, 0.717) is 30.6 Å². The molecule has 1 aliphatic heterocycles. The first-order chi connectivity index (χ1) is 10.5. The van der Waals surface area contributed by atoms with E-state index >= 15 is 0 Å². The number of rotatable bonds is 4. The highest BCUT2D eigenvalue weighted by Crippen LogP contribution is 2.23. The largest absolute Gasteiger partial charge is 0.355 e. The van der Waals surface area contributed by atoms with Crippen LogP contribution in [-0.4, -0.2) is 40.8 Å².